The average molecular weight is 386 g/mol. The zero-order valence-electron chi connectivity index (χ0n) is 16.3. The van der Waals surface area contributed by atoms with Crippen molar-refractivity contribution in [3.63, 3.8) is 0 Å². The molecule has 0 aliphatic carbocycles. The molecule has 1 spiro atoms. The fraction of sp³-hybridized carbons (Fsp3) is 0.550. The van der Waals surface area contributed by atoms with Crippen molar-refractivity contribution in [1.82, 2.24) is 19.6 Å². The molecule has 0 bridgehead atoms. The maximum absolute atomic E-state index is 12.8. The molecule has 8 nitrogen and oxygen atoms in total. The Morgan fingerprint density at radius 1 is 1.32 bits per heavy atom. The van der Waals surface area contributed by atoms with Crippen molar-refractivity contribution < 1.29 is 18.7 Å². The molecule has 28 heavy (non-hydrogen) atoms. The van der Waals surface area contributed by atoms with Crippen LogP contribution >= 0.6 is 0 Å². The second kappa shape index (κ2) is 7.43. The van der Waals surface area contributed by atoms with E-state index in [2.05, 4.69) is 5.10 Å². The van der Waals surface area contributed by atoms with E-state index in [9.17, 15) is 9.59 Å². The topological polar surface area (TPSA) is 80.8 Å². The Morgan fingerprint density at radius 3 is 2.79 bits per heavy atom. The van der Waals surface area contributed by atoms with Gasteiger partial charge in [0.1, 0.15) is 11.9 Å². The summed E-state index contributed by atoms with van der Waals surface area (Å²) in [5.74, 6) is 0.785. The third-order valence-corrected chi connectivity index (χ3v) is 5.65. The average Bonchev–Trinajstić information content (AvgIpc) is 3.38. The second-order valence-corrected chi connectivity index (χ2v) is 8.04. The molecule has 1 amide bonds. The minimum Gasteiger partial charge on any atom is -0.461 e. The number of ether oxygens (including phenoxy) is 1. The smallest absolute Gasteiger partial charge is 0.312 e. The highest BCUT2D eigenvalue weighted by molar-refractivity contribution is 5.92. The van der Waals surface area contributed by atoms with E-state index in [-0.39, 0.29) is 18.0 Å². The fourth-order valence-electron chi connectivity index (χ4n) is 4.18. The highest BCUT2D eigenvalue weighted by Crippen LogP contribution is 2.43. The van der Waals surface area contributed by atoms with Gasteiger partial charge < -0.3 is 19.0 Å². The largest absolute Gasteiger partial charge is 0.461 e. The molecule has 1 unspecified atom stereocenters. The van der Waals surface area contributed by atoms with Crippen molar-refractivity contribution >= 4 is 11.9 Å². The molecule has 4 rings (SSSR count). The quantitative estimate of drug-likeness (QED) is 0.727. The Labute approximate surface area is 164 Å². The van der Waals surface area contributed by atoms with Crippen molar-refractivity contribution in [1.29, 1.82) is 0 Å². The number of piperidine rings is 1. The third kappa shape index (κ3) is 3.69. The molecule has 2 fully saturated rings. The summed E-state index contributed by atoms with van der Waals surface area (Å²) in [7, 11) is 3.95. The Kier molecular flexibility index (Phi) is 4.97. The van der Waals surface area contributed by atoms with Gasteiger partial charge in [0.15, 0.2) is 5.76 Å². The molecule has 0 aromatic carbocycles. The number of esters is 1. The summed E-state index contributed by atoms with van der Waals surface area (Å²) >= 11 is 0. The van der Waals surface area contributed by atoms with Crippen LogP contribution in [0.3, 0.4) is 0 Å². The fourth-order valence-corrected chi connectivity index (χ4v) is 4.18. The van der Waals surface area contributed by atoms with E-state index < -0.39 is 5.41 Å². The molecule has 0 N–H and O–H groups in total. The Hall–Kier alpha value is -2.61. The summed E-state index contributed by atoms with van der Waals surface area (Å²) in [6.07, 6.45) is 5.51. The second-order valence-electron chi connectivity index (χ2n) is 8.04. The number of carbonyl (C=O) groups excluding carboxylic acids is 2. The van der Waals surface area contributed by atoms with Crippen LogP contribution < -0.4 is 0 Å². The molecule has 0 saturated carbocycles. The third-order valence-electron chi connectivity index (χ3n) is 5.65. The molecule has 4 heterocycles. The highest BCUT2D eigenvalue weighted by atomic mass is 16.6. The molecule has 0 radical (unpaired) electrons. The molecular weight excluding hydrogens is 360 g/mol. The lowest BCUT2D eigenvalue weighted by atomic mass is 9.76. The number of likely N-dealkylation sites (tertiary alicyclic amines) is 1. The molecule has 2 aliphatic heterocycles. The Morgan fingerprint density at radius 2 is 2.11 bits per heavy atom. The van der Waals surface area contributed by atoms with Gasteiger partial charge in [-0.3, -0.25) is 14.3 Å². The van der Waals surface area contributed by atoms with Gasteiger partial charge in [-0.05, 0) is 45.1 Å². The van der Waals surface area contributed by atoms with E-state index in [1.54, 1.807) is 27.9 Å². The van der Waals surface area contributed by atoms with E-state index in [4.69, 9.17) is 9.15 Å². The van der Waals surface area contributed by atoms with E-state index in [0.29, 0.717) is 44.0 Å². The molecule has 8 heteroatoms. The minimum absolute atomic E-state index is 0.0559. The molecule has 1 atom stereocenters. The number of likely N-dealkylation sites (N-methyl/N-ethyl adjacent to an activating group) is 1. The van der Waals surface area contributed by atoms with E-state index in [1.165, 1.54) is 0 Å². The van der Waals surface area contributed by atoms with Crippen molar-refractivity contribution in [3.8, 4) is 0 Å². The SMILES string of the molecule is CN(C)CC1CC2(CCN(C(=O)c3ccc(Cn4cccn4)o3)CC2)C(=O)O1. The summed E-state index contributed by atoms with van der Waals surface area (Å²) in [6.45, 7) is 2.31. The lowest BCUT2D eigenvalue weighted by Gasteiger charge is -2.36. The zero-order chi connectivity index (χ0) is 19.7. The normalized spacial score (nSPS) is 21.5. The summed E-state index contributed by atoms with van der Waals surface area (Å²) in [6, 6.07) is 5.36. The first-order chi connectivity index (χ1) is 13.4. The summed E-state index contributed by atoms with van der Waals surface area (Å²) < 4.78 is 13.1. The number of rotatable bonds is 5. The summed E-state index contributed by atoms with van der Waals surface area (Å²) in [5.41, 5.74) is -0.439. The van der Waals surface area contributed by atoms with Crippen molar-refractivity contribution in [3.05, 3.63) is 42.1 Å². The van der Waals surface area contributed by atoms with Crippen molar-refractivity contribution in [2.75, 3.05) is 33.7 Å². The molecular formula is C20H26N4O4. The molecule has 150 valence electrons. The van der Waals surface area contributed by atoms with Crippen LogP contribution in [0.4, 0.5) is 0 Å². The van der Waals surface area contributed by atoms with Crippen LogP contribution in [-0.2, 0) is 16.1 Å². The van der Waals surface area contributed by atoms with Gasteiger partial charge in [-0.15, -0.1) is 0 Å². The standard InChI is InChI=1S/C20H26N4O4/c1-22(2)13-16-12-20(19(26)28-16)6-10-23(11-7-20)18(25)17-5-4-15(27-17)14-24-9-3-8-21-24/h3-5,8-9,16H,6-7,10-14H2,1-2H3. The highest BCUT2D eigenvalue weighted by Gasteiger charge is 2.50. The lowest BCUT2D eigenvalue weighted by molar-refractivity contribution is -0.150. The summed E-state index contributed by atoms with van der Waals surface area (Å²) in [5, 5.41) is 4.14. The minimum atomic E-state index is -0.439. The van der Waals surface area contributed by atoms with Crippen LogP contribution in [0.5, 0.6) is 0 Å². The van der Waals surface area contributed by atoms with Gasteiger partial charge in [-0.1, -0.05) is 0 Å². The van der Waals surface area contributed by atoms with E-state index >= 15 is 0 Å². The maximum Gasteiger partial charge on any atom is 0.312 e. The number of amides is 1. The van der Waals surface area contributed by atoms with Crippen molar-refractivity contribution in [2.45, 2.75) is 31.9 Å². The number of carbonyl (C=O) groups is 2. The van der Waals surface area contributed by atoms with Gasteiger partial charge in [0.2, 0.25) is 0 Å². The Bertz CT molecular complexity index is 834. The van der Waals surface area contributed by atoms with Gasteiger partial charge in [-0.25, -0.2) is 0 Å². The lowest BCUT2D eigenvalue weighted by Crippen LogP contribution is -2.45. The Balaban J connectivity index is 1.35. The van der Waals surface area contributed by atoms with Gasteiger partial charge in [0.25, 0.3) is 5.91 Å². The van der Waals surface area contributed by atoms with Crippen LogP contribution in [0.2, 0.25) is 0 Å². The molecule has 2 aliphatic rings. The first-order valence-electron chi connectivity index (χ1n) is 9.66. The number of nitrogens with zero attached hydrogens (tertiary/aromatic N) is 4. The first kappa shape index (κ1) is 18.7. The maximum atomic E-state index is 12.8. The predicted molar refractivity (Wildman–Crippen MR) is 101 cm³/mol. The van der Waals surface area contributed by atoms with Gasteiger partial charge in [0.05, 0.1) is 12.0 Å². The van der Waals surface area contributed by atoms with Gasteiger partial charge in [0, 0.05) is 38.4 Å². The zero-order valence-corrected chi connectivity index (χ0v) is 16.3. The number of furan rings is 1. The van der Waals surface area contributed by atoms with Crippen LogP contribution in [0.25, 0.3) is 0 Å². The van der Waals surface area contributed by atoms with E-state index in [0.717, 1.165) is 13.0 Å². The number of hydrogen-bond donors (Lipinski definition) is 0. The summed E-state index contributed by atoms with van der Waals surface area (Å²) in [4.78, 5) is 29.1. The molecule has 2 saturated heterocycles. The van der Waals surface area contributed by atoms with Crippen LogP contribution in [-0.4, -0.2) is 71.3 Å². The predicted octanol–water partition coefficient (Wildman–Crippen LogP) is 1.62. The first-order valence-corrected chi connectivity index (χ1v) is 9.66. The van der Waals surface area contributed by atoms with E-state index in [1.807, 2.05) is 31.3 Å². The monoisotopic (exact) mass is 386 g/mol. The van der Waals surface area contributed by atoms with Crippen LogP contribution in [0.15, 0.2) is 35.0 Å². The molecule has 2 aromatic heterocycles. The van der Waals surface area contributed by atoms with Gasteiger partial charge >= 0.3 is 5.97 Å². The van der Waals surface area contributed by atoms with Crippen molar-refractivity contribution in [2.24, 2.45) is 5.41 Å². The number of hydrogen-bond acceptors (Lipinski definition) is 6. The van der Waals surface area contributed by atoms with Gasteiger partial charge in [-0.2, -0.15) is 5.10 Å². The van der Waals surface area contributed by atoms with Crippen LogP contribution in [0.1, 0.15) is 35.6 Å². The molecule has 2 aromatic rings. The number of aromatic nitrogens is 2. The van der Waals surface area contributed by atoms with Crippen LogP contribution in [0, 0.1) is 5.41 Å². The number of cyclic esters (lactones) is 1.